The average Bonchev–Trinajstić information content (AvgIpc) is 2.73. The molecule has 0 aliphatic heterocycles. The summed E-state index contributed by atoms with van der Waals surface area (Å²) < 4.78 is 0. The Kier molecular flexibility index (Phi) is 4.68. The maximum absolute atomic E-state index is 12.7. The number of fused-ring (bicyclic) bond motifs is 1. The third-order valence-electron chi connectivity index (χ3n) is 5.58. The second-order valence-corrected chi connectivity index (χ2v) is 7.92. The molecule has 1 fully saturated rings. The third kappa shape index (κ3) is 3.18. The van der Waals surface area contributed by atoms with Crippen LogP contribution in [-0.4, -0.2) is 11.9 Å². The van der Waals surface area contributed by atoms with E-state index in [0.29, 0.717) is 12.0 Å². The van der Waals surface area contributed by atoms with E-state index in [1.807, 2.05) is 0 Å². The van der Waals surface area contributed by atoms with E-state index >= 15 is 0 Å². The quantitative estimate of drug-likeness (QED) is 0.797. The fraction of sp³-hybridized carbons (Fsp3) is 0.722. The van der Waals surface area contributed by atoms with Gasteiger partial charge in [-0.2, -0.15) is 0 Å². The van der Waals surface area contributed by atoms with Crippen LogP contribution < -0.4 is 5.32 Å². The van der Waals surface area contributed by atoms with E-state index in [1.165, 1.54) is 49.0 Å². The highest BCUT2D eigenvalue weighted by atomic mass is 32.1. The molecule has 116 valence electrons. The number of nitrogens with one attached hydrogen (secondary N) is 1. The summed E-state index contributed by atoms with van der Waals surface area (Å²) in [5, 5.41) is 5.44. The van der Waals surface area contributed by atoms with Gasteiger partial charge in [0.25, 0.3) is 5.91 Å². The molecule has 0 radical (unpaired) electrons. The highest BCUT2D eigenvalue weighted by Crippen LogP contribution is 2.32. The van der Waals surface area contributed by atoms with Gasteiger partial charge in [0.1, 0.15) is 0 Å². The zero-order chi connectivity index (χ0) is 14.8. The number of thiophene rings is 1. The van der Waals surface area contributed by atoms with Crippen LogP contribution in [0, 0.1) is 11.8 Å². The normalized spacial score (nSPS) is 29.5. The smallest absolute Gasteiger partial charge is 0.252 e. The molecular weight excluding hydrogens is 278 g/mol. The Labute approximate surface area is 132 Å². The Morgan fingerprint density at radius 1 is 1.14 bits per heavy atom. The monoisotopic (exact) mass is 305 g/mol. The number of hydrogen-bond donors (Lipinski definition) is 1. The van der Waals surface area contributed by atoms with Crippen molar-refractivity contribution in [3.8, 4) is 0 Å². The van der Waals surface area contributed by atoms with Gasteiger partial charge >= 0.3 is 0 Å². The van der Waals surface area contributed by atoms with Crippen LogP contribution in [0.3, 0.4) is 0 Å². The molecule has 0 spiro atoms. The zero-order valence-electron chi connectivity index (χ0n) is 13.3. The van der Waals surface area contributed by atoms with Gasteiger partial charge in [-0.05, 0) is 49.5 Å². The van der Waals surface area contributed by atoms with Crippen LogP contribution in [-0.2, 0) is 12.8 Å². The lowest BCUT2D eigenvalue weighted by Gasteiger charge is -2.34. The molecular formula is C18H27NOS. The van der Waals surface area contributed by atoms with Crippen molar-refractivity contribution in [2.75, 3.05) is 0 Å². The Morgan fingerprint density at radius 3 is 2.81 bits per heavy atom. The van der Waals surface area contributed by atoms with Gasteiger partial charge < -0.3 is 5.32 Å². The van der Waals surface area contributed by atoms with Crippen molar-refractivity contribution in [1.82, 2.24) is 5.32 Å². The highest BCUT2D eigenvalue weighted by molar-refractivity contribution is 7.10. The minimum atomic E-state index is 0.181. The summed E-state index contributed by atoms with van der Waals surface area (Å²) in [6.07, 6.45) is 9.79. The van der Waals surface area contributed by atoms with Crippen LogP contribution >= 0.6 is 11.3 Å². The highest BCUT2D eigenvalue weighted by Gasteiger charge is 2.29. The lowest BCUT2D eigenvalue weighted by Crippen LogP contribution is -2.43. The molecule has 2 aliphatic carbocycles. The summed E-state index contributed by atoms with van der Waals surface area (Å²) in [6.45, 7) is 4.61. The average molecular weight is 305 g/mol. The van der Waals surface area contributed by atoms with Crippen molar-refractivity contribution in [1.29, 1.82) is 0 Å². The minimum Gasteiger partial charge on any atom is -0.349 e. The molecule has 0 saturated heterocycles. The van der Waals surface area contributed by atoms with Crippen molar-refractivity contribution in [3.05, 3.63) is 21.4 Å². The molecule has 1 N–H and O–H groups in total. The van der Waals surface area contributed by atoms with Gasteiger partial charge in [-0.15, -0.1) is 11.3 Å². The first-order valence-electron chi connectivity index (χ1n) is 8.57. The van der Waals surface area contributed by atoms with Gasteiger partial charge in [0.05, 0.1) is 5.56 Å². The number of carbonyl (C=O) groups excluding carboxylic acids is 1. The molecule has 1 saturated carbocycles. The van der Waals surface area contributed by atoms with Crippen LogP contribution in [0.2, 0.25) is 0 Å². The molecule has 1 heterocycles. The second kappa shape index (κ2) is 6.51. The largest absolute Gasteiger partial charge is 0.349 e. The summed E-state index contributed by atoms with van der Waals surface area (Å²) in [5.74, 6) is 1.50. The summed E-state index contributed by atoms with van der Waals surface area (Å²) in [6, 6.07) is 0.363. The standard InChI is InChI=1S/C18H27NOS/c1-12-7-6-9-16(13(12)2)19-18(20)15-11-21-17-10-5-3-4-8-14(15)17/h11-13,16H,3-10H2,1-2H3,(H,19,20)/t12-,13-,16+/m1/s1. The van der Waals surface area contributed by atoms with Crippen molar-refractivity contribution in [2.24, 2.45) is 11.8 Å². The van der Waals surface area contributed by atoms with Crippen molar-refractivity contribution in [2.45, 2.75) is 71.3 Å². The first kappa shape index (κ1) is 15.1. The van der Waals surface area contributed by atoms with E-state index in [2.05, 4.69) is 24.5 Å². The van der Waals surface area contributed by atoms with Crippen molar-refractivity contribution in [3.63, 3.8) is 0 Å². The Bertz CT molecular complexity index is 507. The summed E-state index contributed by atoms with van der Waals surface area (Å²) in [4.78, 5) is 14.2. The zero-order valence-corrected chi connectivity index (χ0v) is 14.1. The molecule has 21 heavy (non-hydrogen) atoms. The number of carbonyl (C=O) groups is 1. The fourth-order valence-electron chi connectivity index (χ4n) is 3.89. The summed E-state index contributed by atoms with van der Waals surface area (Å²) >= 11 is 1.80. The van der Waals surface area contributed by atoms with E-state index in [-0.39, 0.29) is 5.91 Å². The number of amides is 1. The molecule has 1 aromatic heterocycles. The molecule has 3 heteroatoms. The van der Waals surface area contributed by atoms with E-state index in [4.69, 9.17) is 0 Å². The van der Waals surface area contributed by atoms with Crippen molar-refractivity contribution < 1.29 is 4.79 Å². The van der Waals surface area contributed by atoms with Crippen LogP contribution in [0.4, 0.5) is 0 Å². The number of aryl methyl sites for hydroxylation is 1. The van der Waals surface area contributed by atoms with Crippen LogP contribution in [0.5, 0.6) is 0 Å². The second-order valence-electron chi connectivity index (χ2n) is 6.96. The first-order chi connectivity index (χ1) is 10.2. The van der Waals surface area contributed by atoms with E-state index in [0.717, 1.165) is 24.3 Å². The maximum atomic E-state index is 12.7. The van der Waals surface area contributed by atoms with Crippen LogP contribution in [0.15, 0.2) is 5.38 Å². The Balaban J connectivity index is 1.72. The van der Waals surface area contributed by atoms with Crippen LogP contribution in [0.25, 0.3) is 0 Å². The number of hydrogen-bond acceptors (Lipinski definition) is 2. The lowest BCUT2D eigenvalue weighted by atomic mass is 9.78. The van der Waals surface area contributed by atoms with E-state index in [1.54, 1.807) is 11.3 Å². The van der Waals surface area contributed by atoms with Crippen LogP contribution in [0.1, 0.15) is 73.2 Å². The van der Waals surface area contributed by atoms with E-state index < -0.39 is 0 Å². The molecule has 3 rings (SSSR count). The third-order valence-corrected chi connectivity index (χ3v) is 6.67. The Hall–Kier alpha value is -0.830. The minimum absolute atomic E-state index is 0.181. The van der Waals surface area contributed by atoms with Gasteiger partial charge in [-0.1, -0.05) is 33.1 Å². The molecule has 1 amide bonds. The van der Waals surface area contributed by atoms with E-state index in [9.17, 15) is 4.79 Å². The summed E-state index contributed by atoms with van der Waals surface area (Å²) in [5.41, 5.74) is 2.33. The topological polar surface area (TPSA) is 29.1 Å². The molecule has 1 aromatic rings. The van der Waals surface area contributed by atoms with Gasteiger partial charge in [-0.25, -0.2) is 0 Å². The van der Waals surface area contributed by atoms with Gasteiger partial charge in [0.15, 0.2) is 0 Å². The fourth-order valence-corrected chi connectivity index (χ4v) is 5.02. The molecule has 3 atom stereocenters. The Morgan fingerprint density at radius 2 is 1.95 bits per heavy atom. The van der Waals surface area contributed by atoms with Gasteiger partial charge in [0.2, 0.25) is 0 Å². The molecule has 0 bridgehead atoms. The predicted molar refractivity (Wildman–Crippen MR) is 89.0 cm³/mol. The van der Waals surface area contributed by atoms with Crippen molar-refractivity contribution >= 4 is 17.2 Å². The predicted octanol–water partition coefficient (Wildman–Crippen LogP) is 4.57. The number of rotatable bonds is 2. The summed E-state index contributed by atoms with van der Waals surface area (Å²) in [7, 11) is 0. The van der Waals surface area contributed by atoms with Gasteiger partial charge in [-0.3, -0.25) is 4.79 Å². The first-order valence-corrected chi connectivity index (χ1v) is 9.45. The molecule has 0 unspecified atom stereocenters. The lowest BCUT2D eigenvalue weighted by molar-refractivity contribution is 0.0890. The van der Waals surface area contributed by atoms with Gasteiger partial charge in [0, 0.05) is 16.3 Å². The molecule has 2 nitrogen and oxygen atoms in total. The maximum Gasteiger partial charge on any atom is 0.252 e. The SMILES string of the molecule is C[C@@H]1[C@H](C)CCC[C@@H]1NC(=O)c1csc2c1CCCCC2. The molecule has 2 aliphatic rings. The molecule has 0 aromatic carbocycles.